The number of nitrogens with zero attached hydrogens (tertiary/aromatic N) is 1. The minimum Gasteiger partial charge on any atom is -0.496 e. The van der Waals surface area contributed by atoms with E-state index < -0.39 is 0 Å². The number of methoxy groups -OCH3 is 1. The number of piperidine rings is 1. The summed E-state index contributed by atoms with van der Waals surface area (Å²) in [4.78, 5) is 15.1. The number of rotatable bonds is 3. The molecule has 4 nitrogen and oxygen atoms in total. The van der Waals surface area contributed by atoms with Gasteiger partial charge < -0.3 is 15.0 Å². The molecule has 2 fully saturated rings. The van der Waals surface area contributed by atoms with Crippen LogP contribution in [-0.2, 0) is 11.2 Å². The number of amides is 1. The monoisotopic (exact) mass is 316 g/mol. The zero-order chi connectivity index (χ0) is 16.3. The van der Waals surface area contributed by atoms with E-state index >= 15 is 0 Å². The number of para-hydroxylation sites is 1. The first-order valence-electron chi connectivity index (χ1n) is 8.80. The summed E-state index contributed by atoms with van der Waals surface area (Å²) in [6.07, 6.45) is 6.19. The molecular formula is C19H28N2O2. The van der Waals surface area contributed by atoms with E-state index in [1.165, 1.54) is 12.8 Å². The van der Waals surface area contributed by atoms with Crippen molar-refractivity contribution in [2.45, 2.75) is 57.0 Å². The molecule has 1 N–H and O–H groups in total. The van der Waals surface area contributed by atoms with Gasteiger partial charge in [0, 0.05) is 23.7 Å². The minimum absolute atomic E-state index is 0.0746. The van der Waals surface area contributed by atoms with Crippen LogP contribution in [0.4, 0.5) is 0 Å². The Bertz CT molecular complexity index is 560. The van der Waals surface area contributed by atoms with Crippen LogP contribution >= 0.6 is 0 Å². The van der Waals surface area contributed by atoms with Crippen molar-refractivity contribution in [1.82, 2.24) is 10.2 Å². The fraction of sp³-hybridized carbons (Fsp3) is 0.632. The molecule has 1 amide bonds. The Labute approximate surface area is 139 Å². The van der Waals surface area contributed by atoms with Gasteiger partial charge in [-0.05, 0) is 45.2 Å². The van der Waals surface area contributed by atoms with E-state index in [9.17, 15) is 4.79 Å². The Morgan fingerprint density at radius 1 is 1.35 bits per heavy atom. The number of hydrogen-bond acceptors (Lipinski definition) is 3. The van der Waals surface area contributed by atoms with E-state index in [0.29, 0.717) is 12.5 Å². The molecule has 2 saturated heterocycles. The van der Waals surface area contributed by atoms with E-state index in [1.807, 2.05) is 24.3 Å². The quantitative estimate of drug-likeness (QED) is 0.932. The largest absolute Gasteiger partial charge is 0.496 e. The van der Waals surface area contributed by atoms with Crippen LogP contribution in [0.25, 0.3) is 0 Å². The second-order valence-corrected chi connectivity index (χ2v) is 7.04. The van der Waals surface area contributed by atoms with Gasteiger partial charge in [0.25, 0.3) is 0 Å². The van der Waals surface area contributed by atoms with Crippen molar-refractivity contribution in [2.24, 2.45) is 0 Å². The fourth-order valence-electron chi connectivity index (χ4n) is 4.21. The number of carbonyl (C=O) groups excluding carboxylic acids is 1. The lowest BCUT2D eigenvalue weighted by molar-refractivity contribution is -0.136. The van der Waals surface area contributed by atoms with Crippen LogP contribution < -0.4 is 10.1 Å². The molecule has 0 bridgehead atoms. The van der Waals surface area contributed by atoms with Crippen molar-refractivity contribution in [2.75, 3.05) is 20.2 Å². The highest BCUT2D eigenvalue weighted by atomic mass is 16.5. The van der Waals surface area contributed by atoms with Crippen LogP contribution in [0.2, 0.25) is 0 Å². The van der Waals surface area contributed by atoms with Crippen molar-refractivity contribution in [3.8, 4) is 5.75 Å². The topological polar surface area (TPSA) is 41.6 Å². The Morgan fingerprint density at radius 3 is 3.00 bits per heavy atom. The summed E-state index contributed by atoms with van der Waals surface area (Å²) in [6.45, 7) is 4.25. The zero-order valence-electron chi connectivity index (χ0n) is 14.3. The van der Waals surface area contributed by atoms with Gasteiger partial charge in [-0.1, -0.05) is 24.6 Å². The molecule has 0 unspecified atom stereocenters. The summed E-state index contributed by atoms with van der Waals surface area (Å²) in [6, 6.07) is 8.15. The number of benzene rings is 1. The average molecular weight is 316 g/mol. The van der Waals surface area contributed by atoms with Gasteiger partial charge in [0.1, 0.15) is 5.75 Å². The normalized spacial score (nSPS) is 27.9. The summed E-state index contributed by atoms with van der Waals surface area (Å²) < 4.78 is 5.40. The molecule has 1 aromatic rings. The molecule has 4 heteroatoms. The van der Waals surface area contributed by atoms with E-state index in [-0.39, 0.29) is 11.4 Å². The lowest BCUT2D eigenvalue weighted by Gasteiger charge is -2.48. The number of carbonyl (C=O) groups is 1. The fourth-order valence-corrected chi connectivity index (χ4v) is 4.21. The SMILES string of the molecule is COc1ccccc1CC(=O)N1CCC[C@]2(C)NCCCC[C@H]12. The Kier molecular flexibility index (Phi) is 4.90. The number of nitrogens with one attached hydrogen (secondary N) is 1. The minimum atomic E-state index is 0.0746. The molecular weight excluding hydrogens is 288 g/mol. The van der Waals surface area contributed by atoms with Gasteiger partial charge in [-0.15, -0.1) is 0 Å². The maximum absolute atomic E-state index is 13.0. The summed E-state index contributed by atoms with van der Waals surface area (Å²) in [5.41, 5.74) is 1.06. The van der Waals surface area contributed by atoms with Gasteiger partial charge in [-0.2, -0.15) is 0 Å². The highest BCUT2D eigenvalue weighted by Gasteiger charge is 2.43. The predicted molar refractivity (Wildman–Crippen MR) is 91.7 cm³/mol. The maximum Gasteiger partial charge on any atom is 0.227 e. The van der Waals surface area contributed by atoms with Gasteiger partial charge in [-0.25, -0.2) is 0 Å². The summed E-state index contributed by atoms with van der Waals surface area (Å²) in [7, 11) is 1.66. The Hall–Kier alpha value is -1.55. The predicted octanol–water partition coefficient (Wildman–Crippen LogP) is 2.76. The van der Waals surface area contributed by atoms with Crippen molar-refractivity contribution < 1.29 is 9.53 Å². The van der Waals surface area contributed by atoms with Crippen molar-refractivity contribution in [3.63, 3.8) is 0 Å². The first-order valence-corrected chi connectivity index (χ1v) is 8.80. The van der Waals surface area contributed by atoms with Gasteiger partial charge >= 0.3 is 0 Å². The Morgan fingerprint density at radius 2 is 2.17 bits per heavy atom. The summed E-state index contributed by atoms with van der Waals surface area (Å²) in [5, 5.41) is 3.71. The first kappa shape index (κ1) is 16.3. The second-order valence-electron chi connectivity index (χ2n) is 7.04. The zero-order valence-corrected chi connectivity index (χ0v) is 14.3. The smallest absolute Gasteiger partial charge is 0.227 e. The number of ether oxygens (including phenoxy) is 1. The molecule has 2 aliphatic heterocycles. The third-order valence-corrected chi connectivity index (χ3v) is 5.49. The molecule has 0 aromatic heterocycles. The highest BCUT2D eigenvalue weighted by Crippen LogP contribution is 2.33. The average Bonchev–Trinajstić information content (AvgIpc) is 2.76. The van der Waals surface area contributed by atoms with Gasteiger partial charge in [-0.3, -0.25) is 4.79 Å². The van der Waals surface area contributed by atoms with Crippen molar-refractivity contribution >= 4 is 5.91 Å². The number of hydrogen-bond donors (Lipinski definition) is 1. The van der Waals surface area contributed by atoms with Crippen molar-refractivity contribution in [1.29, 1.82) is 0 Å². The van der Waals surface area contributed by atoms with E-state index in [2.05, 4.69) is 17.1 Å². The summed E-state index contributed by atoms with van der Waals surface area (Å²) in [5.74, 6) is 1.04. The molecule has 23 heavy (non-hydrogen) atoms. The van der Waals surface area contributed by atoms with Crippen LogP contribution in [0, 0.1) is 0 Å². The third kappa shape index (κ3) is 3.37. The van der Waals surface area contributed by atoms with E-state index in [1.54, 1.807) is 7.11 Å². The third-order valence-electron chi connectivity index (χ3n) is 5.49. The molecule has 0 spiro atoms. The standard InChI is InChI=1S/C19H28N2O2/c1-19-11-7-13-21(17(19)10-5-6-12-20-19)18(22)14-15-8-3-4-9-16(15)23-2/h3-4,8-9,17,20H,5-7,10-14H2,1-2H3/t17-,19-/m0/s1. The molecule has 126 valence electrons. The molecule has 2 aliphatic rings. The molecule has 0 radical (unpaired) electrons. The molecule has 2 atom stereocenters. The van der Waals surface area contributed by atoms with Gasteiger partial charge in [0.05, 0.1) is 13.5 Å². The molecule has 0 saturated carbocycles. The van der Waals surface area contributed by atoms with E-state index in [4.69, 9.17) is 4.74 Å². The highest BCUT2D eigenvalue weighted by molar-refractivity contribution is 5.80. The van der Waals surface area contributed by atoms with Crippen LogP contribution in [0.3, 0.4) is 0 Å². The lowest BCUT2D eigenvalue weighted by Crippen LogP contribution is -2.62. The van der Waals surface area contributed by atoms with E-state index in [0.717, 1.165) is 43.7 Å². The van der Waals surface area contributed by atoms with Crippen molar-refractivity contribution in [3.05, 3.63) is 29.8 Å². The first-order chi connectivity index (χ1) is 11.1. The Balaban J connectivity index is 1.78. The maximum atomic E-state index is 13.0. The molecule has 0 aliphatic carbocycles. The molecule has 2 heterocycles. The van der Waals surface area contributed by atoms with Crippen LogP contribution in [-0.4, -0.2) is 42.6 Å². The second kappa shape index (κ2) is 6.91. The number of likely N-dealkylation sites (tertiary alicyclic amines) is 1. The van der Waals surface area contributed by atoms with Gasteiger partial charge in [0.2, 0.25) is 5.91 Å². The lowest BCUT2D eigenvalue weighted by atomic mass is 9.81. The number of fused-ring (bicyclic) bond motifs is 1. The van der Waals surface area contributed by atoms with Crippen LogP contribution in [0.5, 0.6) is 5.75 Å². The van der Waals surface area contributed by atoms with Crippen LogP contribution in [0.15, 0.2) is 24.3 Å². The molecule has 1 aromatic carbocycles. The summed E-state index contributed by atoms with van der Waals surface area (Å²) >= 11 is 0. The van der Waals surface area contributed by atoms with Gasteiger partial charge in [0.15, 0.2) is 0 Å². The molecule has 3 rings (SSSR count). The van der Waals surface area contributed by atoms with Crippen LogP contribution in [0.1, 0.15) is 44.6 Å².